The molecule has 0 aliphatic carbocycles. The van der Waals surface area contributed by atoms with Crippen molar-refractivity contribution >= 4 is 44.7 Å². The number of aliphatic hydroxyl groups is 1. The van der Waals surface area contributed by atoms with Crippen LogP contribution in [0.15, 0.2) is 21.9 Å². The predicted molar refractivity (Wildman–Crippen MR) is 116 cm³/mol. The zero-order valence-electron chi connectivity index (χ0n) is 17.2. The lowest BCUT2D eigenvalue weighted by atomic mass is 9.92. The van der Waals surface area contributed by atoms with Crippen molar-refractivity contribution in [1.82, 2.24) is 9.71 Å². The third-order valence-electron chi connectivity index (χ3n) is 4.21. The normalized spacial score (nSPS) is 12.5. The molecule has 2 amide bonds. The fourth-order valence-corrected chi connectivity index (χ4v) is 4.99. The number of anilines is 1. The van der Waals surface area contributed by atoms with E-state index in [0.717, 1.165) is 22.5 Å². The van der Waals surface area contributed by atoms with Crippen molar-refractivity contribution in [2.75, 3.05) is 5.32 Å². The molecule has 160 valence electrons. The molecule has 29 heavy (non-hydrogen) atoms. The van der Waals surface area contributed by atoms with Crippen LogP contribution < -0.4 is 10.0 Å². The Kier molecular flexibility index (Phi) is 6.99. The van der Waals surface area contributed by atoms with Crippen molar-refractivity contribution < 1.29 is 18.3 Å². The Bertz CT molecular complexity index is 980. The molecule has 2 aromatic rings. The predicted octanol–water partition coefficient (Wildman–Crippen LogP) is 4.78. The zero-order valence-corrected chi connectivity index (χ0v) is 19.6. The van der Waals surface area contributed by atoms with Crippen LogP contribution in [0.25, 0.3) is 0 Å². The van der Waals surface area contributed by atoms with Gasteiger partial charge in [0.05, 0.1) is 5.69 Å². The minimum atomic E-state index is -4.19. The van der Waals surface area contributed by atoms with Crippen LogP contribution in [0.1, 0.15) is 70.2 Å². The van der Waals surface area contributed by atoms with Gasteiger partial charge >= 0.3 is 6.03 Å². The molecular formula is C19H26ClN3O4S2. The zero-order chi connectivity index (χ0) is 22.1. The summed E-state index contributed by atoms with van der Waals surface area (Å²) in [5.74, 6) is 0.123. The molecule has 2 rings (SSSR count). The number of thiazole rings is 1. The van der Waals surface area contributed by atoms with Crippen LogP contribution in [0.3, 0.4) is 0 Å². The first-order valence-electron chi connectivity index (χ1n) is 9.08. The van der Waals surface area contributed by atoms with E-state index in [1.807, 2.05) is 32.4 Å². The molecule has 0 fully saturated rings. The Balaban J connectivity index is 2.32. The van der Waals surface area contributed by atoms with Crippen molar-refractivity contribution in [1.29, 1.82) is 0 Å². The highest BCUT2D eigenvalue weighted by Gasteiger charge is 2.27. The Hall–Kier alpha value is -1.68. The van der Waals surface area contributed by atoms with E-state index in [1.165, 1.54) is 19.2 Å². The van der Waals surface area contributed by atoms with Gasteiger partial charge in [-0.05, 0) is 48.9 Å². The molecule has 0 radical (unpaired) electrons. The SMILES string of the molecule is CC(C)c1cc(Cl)cc(C(C)C)c1NC(=O)NS(=O)(=O)c1nc(C(C)(C)O)cs1. The number of urea groups is 1. The van der Waals surface area contributed by atoms with E-state index in [9.17, 15) is 18.3 Å². The van der Waals surface area contributed by atoms with E-state index in [-0.39, 0.29) is 21.9 Å². The molecule has 7 nitrogen and oxygen atoms in total. The van der Waals surface area contributed by atoms with Crippen molar-refractivity contribution in [3.05, 3.63) is 39.4 Å². The molecule has 0 saturated heterocycles. The second-order valence-electron chi connectivity index (χ2n) is 7.89. The van der Waals surface area contributed by atoms with Crippen LogP contribution in [0.4, 0.5) is 10.5 Å². The molecule has 0 bridgehead atoms. The molecule has 0 unspecified atom stereocenters. The quantitative estimate of drug-likeness (QED) is 0.575. The van der Waals surface area contributed by atoms with Crippen molar-refractivity contribution in [3.8, 4) is 0 Å². The average molecular weight is 460 g/mol. The molecule has 1 aromatic heterocycles. The van der Waals surface area contributed by atoms with Gasteiger partial charge in [-0.15, -0.1) is 11.3 Å². The van der Waals surface area contributed by atoms with Crippen LogP contribution in [0.5, 0.6) is 0 Å². The van der Waals surface area contributed by atoms with Gasteiger partial charge in [0.1, 0.15) is 5.60 Å². The second-order valence-corrected chi connectivity index (χ2v) is 11.0. The van der Waals surface area contributed by atoms with Gasteiger partial charge in [0.15, 0.2) is 0 Å². The number of benzene rings is 1. The maximum Gasteiger partial charge on any atom is 0.333 e. The monoisotopic (exact) mass is 459 g/mol. The maximum absolute atomic E-state index is 12.5. The number of sulfonamides is 1. The molecule has 0 spiro atoms. The van der Waals surface area contributed by atoms with Crippen LogP contribution in [-0.2, 0) is 15.6 Å². The number of amides is 2. The summed E-state index contributed by atoms with van der Waals surface area (Å²) in [5.41, 5.74) is 1.10. The summed E-state index contributed by atoms with van der Waals surface area (Å²) < 4.78 is 26.8. The van der Waals surface area contributed by atoms with Gasteiger partial charge in [0.25, 0.3) is 10.0 Å². The molecule has 0 atom stereocenters. The summed E-state index contributed by atoms with van der Waals surface area (Å²) >= 11 is 7.05. The summed E-state index contributed by atoms with van der Waals surface area (Å²) in [6.07, 6.45) is 0. The van der Waals surface area contributed by atoms with Gasteiger partial charge in [-0.25, -0.2) is 14.5 Å². The summed E-state index contributed by atoms with van der Waals surface area (Å²) in [6.45, 7) is 10.8. The Morgan fingerprint density at radius 3 is 2.10 bits per heavy atom. The summed E-state index contributed by atoms with van der Waals surface area (Å²) in [7, 11) is -4.19. The first-order chi connectivity index (χ1) is 13.2. The molecule has 0 saturated carbocycles. The minimum absolute atomic E-state index is 0.0615. The van der Waals surface area contributed by atoms with Crippen molar-refractivity contribution in [2.24, 2.45) is 0 Å². The van der Waals surface area contributed by atoms with E-state index < -0.39 is 21.7 Å². The second kappa shape index (κ2) is 8.59. The van der Waals surface area contributed by atoms with Gasteiger partial charge < -0.3 is 10.4 Å². The number of carbonyl (C=O) groups is 1. The first-order valence-corrected chi connectivity index (χ1v) is 11.8. The molecule has 3 N–H and O–H groups in total. The number of nitrogens with one attached hydrogen (secondary N) is 2. The van der Waals surface area contributed by atoms with Crippen LogP contribution in [-0.4, -0.2) is 24.5 Å². The summed E-state index contributed by atoms with van der Waals surface area (Å²) in [6, 6.07) is 2.63. The molecule has 0 aliphatic rings. The van der Waals surface area contributed by atoms with E-state index >= 15 is 0 Å². The number of aromatic nitrogens is 1. The lowest BCUT2D eigenvalue weighted by Crippen LogP contribution is -2.35. The van der Waals surface area contributed by atoms with E-state index in [0.29, 0.717) is 10.7 Å². The topological polar surface area (TPSA) is 108 Å². The highest BCUT2D eigenvalue weighted by Crippen LogP contribution is 2.35. The maximum atomic E-state index is 12.5. The number of rotatable bonds is 6. The van der Waals surface area contributed by atoms with E-state index in [4.69, 9.17) is 11.6 Å². The molecule has 10 heteroatoms. The molecule has 1 heterocycles. The van der Waals surface area contributed by atoms with Gasteiger partial charge in [-0.1, -0.05) is 39.3 Å². The van der Waals surface area contributed by atoms with Gasteiger partial charge in [0, 0.05) is 16.1 Å². The van der Waals surface area contributed by atoms with Gasteiger partial charge in [-0.3, -0.25) is 0 Å². The summed E-state index contributed by atoms with van der Waals surface area (Å²) in [4.78, 5) is 16.5. The smallest absolute Gasteiger partial charge is 0.333 e. The first kappa shape index (κ1) is 23.6. The Labute approximate surface area is 180 Å². The number of hydrogen-bond donors (Lipinski definition) is 3. The lowest BCUT2D eigenvalue weighted by molar-refractivity contribution is 0.0741. The number of hydrogen-bond acceptors (Lipinski definition) is 6. The third-order valence-corrected chi connectivity index (χ3v) is 7.02. The standard InChI is InChI=1S/C19H26ClN3O4S2/c1-10(2)13-7-12(20)8-14(11(3)4)16(13)22-17(24)23-29(26,27)18-21-15(9-28-18)19(5,6)25/h7-11,25H,1-6H3,(H2,22,23,24). The minimum Gasteiger partial charge on any atom is -0.384 e. The van der Waals surface area contributed by atoms with E-state index in [1.54, 1.807) is 12.1 Å². The Morgan fingerprint density at radius 1 is 1.17 bits per heavy atom. The van der Waals surface area contributed by atoms with Crippen LogP contribution in [0.2, 0.25) is 5.02 Å². The number of carbonyl (C=O) groups excluding carboxylic acids is 1. The largest absolute Gasteiger partial charge is 0.384 e. The van der Waals surface area contributed by atoms with Gasteiger partial charge in [-0.2, -0.15) is 8.42 Å². The fraction of sp³-hybridized carbons (Fsp3) is 0.474. The van der Waals surface area contributed by atoms with Gasteiger partial charge in [0.2, 0.25) is 4.34 Å². The van der Waals surface area contributed by atoms with E-state index in [2.05, 4.69) is 10.3 Å². The highest BCUT2D eigenvalue weighted by atomic mass is 35.5. The summed E-state index contributed by atoms with van der Waals surface area (Å²) in [5, 5.41) is 14.6. The van der Waals surface area contributed by atoms with Crippen molar-refractivity contribution in [3.63, 3.8) is 0 Å². The third kappa shape index (κ3) is 5.69. The highest BCUT2D eigenvalue weighted by molar-refractivity contribution is 7.92. The fourth-order valence-electron chi connectivity index (χ4n) is 2.67. The van der Waals surface area contributed by atoms with Crippen LogP contribution >= 0.6 is 22.9 Å². The molecule has 1 aromatic carbocycles. The van der Waals surface area contributed by atoms with Crippen molar-refractivity contribution in [2.45, 2.75) is 63.3 Å². The number of nitrogens with zero attached hydrogens (tertiary/aromatic N) is 1. The number of halogens is 1. The average Bonchev–Trinajstić information content (AvgIpc) is 3.06. The molecular weight excluding hydrogens is 434 g/mol. The Morgan fingerprint density at radius 2 is 1.69 bits per heavy atom. The lowest BCUT2D eigenvalue weighted by Gasteiger charge is -2.21. The van der Waals surface area contributed by atoms with Crippen LogP contribution in [0, 0.1) is 0 Å². The molecule has 0 aliphatic heterocycles.